The monoisotopic (exact) mass is 390 g/mol. The lowest BCUT2D eigenvalue weighted by atomic mass is 10.1. The van der Waals surface area contributed by atoms with Crippen molar-refractivity contribution in [3.05, 3.63) is 89.1 Å². The Balaban J connectivity index is 1.53. The van der Waals surface area contributed by atoms with Crippen LogP contribution in [0, 0.1) is 5.82 Å². The Kier molecular flexibility index (Phi) is 4.99. The van der Waals surface area contributed by atoms with Gasteiger partial charge in [0.1, 0.15) is 5.82 Å². The van der Waals surface area contributed by atoms with Crippen molar-refractivity contribution in [2.24, 2.45) is 0 Å². The molecule has 1 aliphatic heterocycles. The topological polar surface area (TPSA) is 62.6 Å². The van der Waals surface area contributed by atoms with E-state index in [9.17, 15) is 14.0 Å². The summed E-state index contributed by atoms with van der Waals surface area (Å²) in [5.41, 5.74) is 3.07. The average molecular weight is 390 g/mol. The summed E-state index contributed by atoms with van der Waals surface area (Å²) in [7, 11) is 0. The van der Waals surface area contributed by atoms with Crippen molar-refractivity contribution in [1.29, 1.82) is 0 Å². The van der Waals surface area contributed by atoms with E-state index in [2.05, 4.69) is 5.32 Å². The molecule has 5 nitrogen and oxygen atoms in total. The molecule has 3 aromatic rings. The molecule has 2 aromatic carbocycles. The molecular formula is C23H19FN2O3. The Labute approximate surface area is 167 Å². The van der Waals surface area contributed by atoms with Crippen molar-refractivity contribution in [1.82, 2.24) is 0 Å². The number of furan rings is 1. The van der Waals surface area contributed by atoms with Crippen LogP contribution in [0.1, 0.15) is 28.6 Å². The third kappa shape index (κ3) is 3.82. The molecule has 1 aliphatic rings. The van der Waals surface area contributed by atoms with Crippen LogP contribution in [0.5, 0.6) is 0 Å². The lowest BCUT2D eigenvalue weighted by Crippen LogP contribution is -2.28. The number of hydrogen-bond acceptors (Lipinski definition) is 3. The molecule has 0 saturated carbocycles. The highest BCUT2D eigenvalue weighted by Crippen LogP contribution is 2.32. The van der Waals surface area contributed by atoms with Gasteiger partial charge in [0.15, 0.2) is 5.76 Å². The van der Waals surface area contributed by atoms with Crippen LogP contribution in [0.4, 0.5) is 15.8 Å². The maximum absolute atomic E-state index is 13.8. The van der Waals surface area contributed by atoms with E-state index >= 15 is 0 Å². The van der Waals surface area contributed by atoms with Gasteiger partial charge in [0, 0.05) is 29.1 Å². The summed E-state index contributed by atoms with van der Waals surface area (Å²) >= 11 is 0. The second-order valence-electron chi connectivity index (χ2n) is 6.83. The third-order valence-corrected chi connectivity index (χ3v) is 4.85. The standard InChI is InChI=1S/C23H19FN2O3/c1-15(13-17-5-2-3-6-19(17)24)22(27)25-18-9-8-16-10-11-26(20(16)14-18)23(28)21-7-4-12-29-21/h2-9,12-14H,10-11H2,1H3,(H,25,27)/b15-13+. The molecule has 0 bridgehead atoms. The summed E-state index contributed by atoms with van der Waals surface area (Å²) in [4.78, 5) is 26.8. The van der Waals surface area contributed by atoms with E-state index in [-0.39, 0.29) is 23.4 Å². The molecule has 1 aromatic heterocycles. The molecule has 1 N–H and O–H groups in total. The van der Waals surface area contributed by atoms with Gasteiger partial charge in [-0.05, 0) is 55.3 Å². The van der Waals surface area contributed by atoms with Gasteiger partial charge in [0.2, 0.25) is 0 Å². The quantitative estimate of drug-likeness (QED) is 0.659. The van der Waals surface area contributed by atoms with Gasteiger partial charge in [-0.2, -0.15) is 0 Å². The first-order valence-corrected chi connectivity index (χ1v) is 9.25. The van der Waals surface area contributed by atoms with Crippen LogP contribution in [0.15, 0.2) is 70.9 Å². The van der Waals surface area contributed by atoms with Crippen LogP contribution in [0.3, 0.4) is 0 Å². The van der Waals surface area contributed by atoms with Gasteiger partial charge in [-0.25, -0.2) is 4.39 Å². The number of benzene rings is 2. The normalized spacial score (nSPS) is 13.3. The minimum absolute atomic E-state index is 0.215. The van der Waals surface area contributed by atoms with Gasteiger partial charge in [-0.1, -0.05) is 24.3 Å². The first-order chi connectivity index (χ1) is 14.0. The van der Waals surface area contributed by atoms with Gasteiger partial charge in [0.05, 0.1) is 6.26 Å². The van der Waals surface area contributed by atoms with Crippen LogP contribution in [0.2, 0.25) is 0 Å². The molecule has 0 radical (unpaired) electrons. The number of rotatable bonds is 4. The van der Waals surface area contributed by atoms with E-state index in [0.717, 1.165) is 17.7 Å². The number of anilines is 2. The number of amides is 2. The molecule has 4 rings (SSSR count). The lowest BCUT2D eigenvalue weighted by molar-refractivity contribution is -0.112. The molecular weight excluding hydrogens is 371 g/mol. The molecule has 2 amide bonds. The molecule has 29 heavy (non-hydrogen) atoms. The predicted molar refractivity (Wildman–Crippen MR) is 109 cm³/mol. The van der Waals surface area contributed by atoms with Gasteiger partial charge in [-0.3, -0.25) is 9.59 Å². The number of carbonyl (C=O) groups is 2. The van der Waals surface area contributed by atoms with Crippen LogP contribution in [-0.4, -0.2) is 18.4 Å². The molecule has 0 saturated heterocycles. The summed E-state index contributed by atoms with van der Waals surface area (Å²) in [6, 6.07) is 15.0. The van der Waals surface area contributed by atoms with E-state index in [1.807, 2.05) is 6.07 Å². The lowest BCUT2D eigenvalue weighted by Gasteiger charge is -2.17. The minimum atomic E-state index is -0.385. The fourth-order valence-corrected chi connectivity index (χ4v) is 3.32. The third-order valence-electron chi connectivity index (χ3n) is 4.85. The Morgan fingerprint density at radius 1 is 1.14 bits per heavy atom. The predicted octanol–water partition coefficient (Wildman–Crippen LogP) is 4.66. The summed E-state index contributed by atoms with van der Waals surface area (Å²) in [6.07, 6.45) is 3.71. The van der Waals surface area contributed by atoms with Crippen molar-refractivity contribution in [3.63, 3.8) is 0 Å². The zero-order valence-electron chi connectivity index (χ0n) is 15.8. The van der Waals surface area contributed by atoms with Crippen LogP contribution in [-0.2, 0) is 11.2 Å². The molecule has 0 unspecified atom stereocenters. The van der Waals surface area contributed by atoms with E-state index in [1.54, 1.807) is 54.3 Å². The number of carbonyl (C=O) groups excluding carboxylic acids is 2. The van der Waals surface area contributed by atoms with E-state index in [4.69, 9.17) is 4.42 Å². The smallest absolute Gasteiger partial charge is 0.293 e. The Hall–Kier alpha value is -3.67. The molecule has 0 spiro atoms. The second kappa shape index (κ2) is 7.75. The van der Waals surface area contributed by atoms with E-state index < -0.39 is 0 Å². The minimum Gasteiger partial charge on any atom is -0.459 e. The van der Waals surface area contributed by atoms with Crippen molar-refractivity contribution in [3.8, 4) is 0 Å². The van der Waals surface area contributed by atoms with Gasteiger partial charge in [0.25, 0.3) is 11.8 Å². The highest BCUT2D eigenvalue weighted by Gasteiger charge is 2.27. The Morgan fingerprint density at radius 3 is 2.72 bits per heavy atom. The van der Waals surface area contributed by atoms with E-state index in [0.29, 0.717) is 23.4 Å². The highest BCUT2D eigenvalue weighted by molar-refractivity contribution is 6.08. The number of nitrogens with one attached hydrogen (secondary N) is 1. The Morgan fingerprint density at radius 2 is 1.97 bits per heavy atom. The first kappa shape index (κ1) is 18.7. The van der Waals surface area contributed by atoms with Crippen molar-refractivity contribution >= 4 is 29.3 Å². The van der Waals surface area contributed by atoms with Crippen LogP contribution < -0.4 is 10.2 Å². The first-order valence-electron chi connectivity index (χ1n) is 9.25. The molecule has 6 heteroatoms. The van der Waals surface area contributed by atoms with Crippen LogP contribution >= 0.6 is 0 Å². The summed E-state index contributed by atoms with van der Waals surface area (Å²) in [6.45, 7) is 2.18. The maximum Gasteiger partial charge on any atom is 0.293 e. The molecule has 0 aliphatic carbocycles. The van der Waals surface area contributed by atoms with Gasteiger partial charge >= 0.3 is 0 Å². The summed E-state index contributed by atoms with van der Waals surface area (Å²) in [5, 5.41) is 2.81. The highest BCUT2D eigenvalue weighted by atomic mass is 19.1. The number of nitrogens with zero attached hydrogens (tertiary/aromatic N) is 1. The molecule has 146 valence electrons. The average Bonchev–Trinajstić information content (AvgIpc) is 3.39. The summed E-state index contributed by atoms with van der Waals surface area (Å²) in [5.74, 6) is -0.664. The van der Waals surface area contributed by atoms with Crippen molar-refractivity contribution < 1.29 is 18.4 Å². The number of hydrogen-bond donors (Lipinski definition) is 1. The summed E-state index contributed by atoms with van der Waals surface area (Å²) < 4.78 is 19.0. The maximum atomic E-state index is 13.8. The zero-order valence-corrected chi connectivity index (χ0v) is 15.8. The fraction of sp³-hybridized carbons (Fsp3) is 0.130. The second-order valence-corrected chi connectivity index (χ2v) is 6.83. The molecule has 0 fully saturated rings. The number of halogens is 1. The molecule has 2 heterocycles. The van der Waals surface area contributed by atoms with Crippen molar-refractivity contribution in [2.45, 2.75) is 13.3 Å². The van der Waals surface area contributed by atoms with Crippen molar-refractivity contribution in [2.75, 3.05) is 16.8 Å². The Bertz CT molecular complexity index is 1100. The zero-order chi connectivity index (χ0) is 20.4. The number of fused-ring (bicyclic) bond motifs is 1. The largest absolute Gasteiger partial charge is 0.459 e. The van der Waals surface area contributed by atoms with Gasteiger partial charge < -0.3 is 14.6 Å². The molecule has 0 atom stereocenters. The van der Waals surface area contributed by atoms with Crippen LogP contribution in [0.25, 0.3) is 6.08 Å². The fourth-order valence-electron chi connectivity index (χ4n) is 3.32. The van der Waals surface area contributed by atoms with E-state index in [1.165, 1.54) is 18.4 Å². The van der Waals surface area contributed by atoms with Gasteiger partial charge in [-0.15, -0.1) is 0 Å². The SMILES string of the molecule is C/C(=C\c1ccccc1F)C(=O)Nc1ccc2c(c1)N(C(=O)c1ccco1)CC2.